The number of hydrogen-bond acceptors (Lipinski definition) is 5. The fourth-order valence-electron chi connectivity index (χ4n) is 2.90. The van der Waals surface area contributed by atoms with Crippen LogP contribution >= 0.6 is 15.9 Å². The van der Waals surface area contributed by atoms with Crippen LogP contribution in [0.3, 0.4) is 0 Å². The summed E-state index contributed by atoms with van der Waals surface area (Å²) in [6.45, 7) is 3.50. The monoisotopic (exact) mass is 522 g/mol. The molecule has 0 aliphatic carbocycles. The molecule has 0 atom stereocenters. The number of ether oxygens (including phenoxy) is 1. The largest absolute Gasteiger partial charge is 0.483 e. The number of halogens is 1. The van der Waals surface area contributed by atoms with Gasteiger partial charge in [-0.15, -0.1) is 0 Å². The Morgan fingerprint density at radius 1 is 0.882 bits per heavy atom. The third-order valence-electron chi connectivity index (χ3n) is 4.72. The number of carbonyl (C=O) groups is 3. The van der Waals surface area contributed by atoms with Crippen LogP contribution in [0.5, 0.6) is 5.75 Å². The molecule has 174 valence electrons. The minimum absolute atomic E-state index is 0.220. The summed E-state index contributed by atoms with van der Waals surface area (Å²) in [6.07, 6.45) is 1.33. The molecule has 0 unspecified atom stereocenters. The normalized spacial score (nSPS) is 10.6. The average molecular weight is 523 g/mol. The van der Waals surface area contributed by atoms with Gasteiger partial charge >= 0.3 is 11.8 Å². The Kier molecular flexibility index (Phi) is 8.53. The molecule has 0 aliphatic heterocycles. The first-order chi connectivity index (χ1) is 16.3. The summed E-state index contributed by atoms with van der Waals surface area (Å²) in [5.41, 5.74) is 5.70. The first-order valence-electron chi connectivity index (χ1n) is 10.3. The van der Waals surface area contributed by atoms with Crippen molar-refractivity contribution in [2.24, 2.45) is 5.10 Å². The van der Waals surface area contributed by atoms with Gasteiger partial charge in [0, 0.05) is 21.4 Å². The second kappa shape index (κ2) is 11.8. The summed E-state index contributed by atoms with van der Waals surface area (Å²) in [6, 6.07) is 19.7. The zero-order valence-electron chi connectivity index (χ0n) is 18.6. The number of nitrogens with one attached hydrogen (secondary N) is 3. The van der Waals surface area contributed by atoms with E-state index in [9.17, 15) is 14.4 Å². The van der Waals surface area contributed by atoms with Gasteiger partial charge in [-0.25, -0.2) is 5.43 Å². The third kappa shape index (κ3) is 7.01. The van der Waals surface area contributed by atoms with Crippen molar-refractivity contribution in [3.05, 3.63) is 87.9 Å². The molecule has 3 N–H and O–H groups in total. The van der Waals surface area contributed by atoms with Gasteiger partial charge in [-0.3, -0.25) is 14.4 Å². The van der Waals surface area contributed by atoms with Crippen LogP contribution in [0, 0.1) is 13.8 Å². The molecule has 0 fully saturated rings. The van der Waals surface area contributed by atoms with Gasteiger partial charge in [0.1, 0.15) is 5.75 Å². The molecule has 0 saturated carbocycles. The maximum atomic E-state index is 12.3. The number of aryl methyl sites for hydroxylation is 2. The fourth-order valence-corrected chi connectivity index (χ4v) is 3.28. The van der Waals surface area contributed by atoms with Gasteiger partial charge in [0.2, 0.25) is 0 Å². The number of rotatable bonds is 7. The number of amides is 3. The SMILES string of the molecule is Cc1ccccc1NC(=O)COc1ccc(Br)cc1/C=N\NC(=O)C(=O)Nc1ccccc1C. The summed E-state index contributed by atoms with van der Waals surface area (Å²) in [5.74, 6) is -1.70. The van der Waals surface area contributed by atoms with Crippen molar-refractivity contribution in [2.75, 3.05) is 17.2 Å². The highest BCUT2D eigenvalue weighted by molar-refractivity contribution is 9.10. The molecule has 3 aromatic rings. The van der Waals surface area contributed by atoms with E-state index in [0.29, 0.717) is 22.7 Å². The van der Waals surface area contributed by atoms with E-state index < -0.39 is 11.8 Å². The Balaban J connectivity index is 1.59. The van der Waals surface area contributed by atoms with Gasteiger partial charge in [0.15, 0.2) is 6.61 Å². The van der Waals surface area contributed by atoms with Gasteiger partial charge in [0.25, 0.3) is 5.91 Å². The molecule has 3 rings (SSSR count). The summed E-state index contributed by atoms with van der Waals surface area (Å²) >= 11 is 3.37. The molecule has 3 amide bonds. The number of nitrogens with zero attached hydrogens (tertiary/aromatic N) is 1. The number of benzene rings is 3. The number of hydrazone groups is 1. The summed E-state index contributed by atoms with van der Waals surface area (Å²) < 4.78 is 6.39. The summed E-state index contributed by atoms with van der Waals surface area (Å²) in [5, 5.41) is 9.18. The average Bonchev–Trinajstić information content (AvgIpc) is 2.81. The smallest absolute Gasteiger partial charge is 0.329 e. The third-order valence-corrected chi connectivity index (χ3v) is 5.21. The molecule has 0 saturated heterocycles. The summed E-state index contributed by atoms with van der Waals surface area (Å²) in [7, 11) is 0. The van der Waals surface area contributed by atoms with E-state index in [1.54, 1.807) is 30.3 Å². The van der Waals surface area contributed by atoms with Crippen LogP contribution < -0.4 is 20.8 Å². The number of para-hydroxylation sites is 2. The van der Waals surface area contributed by atoms with Crippen molar-refractivity contribution in [1.29, 1.82) is 0 Å². The van der Waals surface area contributed by atoms with Crippen molar-refractivity contribution in [2.45, 2.75) is 13.8 Å². The molecule has 0 bridgehead atoms. The van der Waals surface area contributed by atoms with Gasteiger partial charge in [-0.1, -0.05) is 52.3 Å². The van der Waals surface area contributed by atoms with Crippen molar-refractivity contribution < 1.29 is 19.1 Å². The van der Waals surface area contributed by atoms with Crippen LogP contribution in [0.2, 0.25) is 0 Å². The van der Waals surface area contributed by atoms with Gasteiger partial charge < -0.3 is 15.4 Å². The molecule has 9 heteroatoms. The van der Waals surface area contributed by atoms with Crippen LogP contribution in [0.1, 0.15) is 16.7 Å². The highest BCUT2D eigenvalue weighted by atomic mass is 79.9. The summed E-state index contributed by atoms with van der Waals surface area (Å²) in [4.78, 5) is 36.5. The van der Waals surface area contributed by atoms with Crippen molar-refractivity contribution in [3.8, 4) is 5.75 Å². The molecule has 3 aromatic carbocycles. The predicted molar refractivity (Wildman–Crippen MR) is 135 cm³/mol. The zero-order valence-corrected chi connectivity index (χ0v) is 20.2. The molecular weight excluding hydrogens is 500 g/mol. The maximum absolute atomic E-state index is 12.3. The first-order valence-corrected chi connectivity index (χ1v) is 11.1. The number of carbonyl (C=O) groups excluding carboxylic acids is 3. The second-order valence-corrected chi connectivity index (χ2v) is 8.22. The number of anilines is 2. The lowest BCUT2D eigenvalue weighted by Crippen LogP contribution is -2.32. The highest BCUT2D eigenvalue weighted by Crippen LogP contribution is 2.22. The lowest BCUT2D eigenvalue weighted by molar-refractivity contribution is -0.136. The van der Waals surface area contributed by atoms with Crippen molar-refractivity contribution >= 4 is 51.2 Å². The minimum atomic E-state index is -0.922. The van der Waals surface area contributed by atoms with Crippen LogP contribution in [0.4, 0.5) is 11.4 Å². The Morgan fingerprint density at radius 3 is 2.15 bits per heavy atom. The van der Waals surface area contributed by atoms with Crippen LogP contribution in [-0.4, -0.2) is 30.5 Å². The Hall–Kier alpha value is -3.98. The number of hydrogen-bond donors (Lipinski definition) is 3. The van der Waals surface area contributed by atoms with E-state index in [1.807, 2.05) is 50.2 Å². The Morgan fingerprint density at radius 2 is 1.50 bits per heavy atom. The molecule has 0 heterocycles. The predicted octanol–water partition coefficient (Wildman–Crippen LogP) is 4.17. The molecular formula is C25H23BrN4O4. The van der Waals surface area contributed by atoms with E-state index in [1.165, 1.54) is 6.21 Å². The molecule has 0 aromatic heterocycles. The van der Waals surface area contributed by atoms with Gasteiger partial charge in [-0.2, -0.15) is 5.10 Å². The molecule has 8 nitrogen and oxygen atoms in total. The minimum Gasteiger partial charge on any atom is -0.483 e. The molecule has 0 radical (unpaired) electrons. The Labute approximate surface area is 205 Å². The van der Waals surface area contributed by atoms with Crippen LogP contribution in [0.25, 0.3) is 0 Å². The maximum Gasteiger partial charge on any atom is 0.329 e. The first kappa shape index (κ1) is 24.7. The lowest BCUT2D eigenvalue weighted by atomic mass is 10.2. The van der Waals surface area contributed by atoms with E-state index in [-0.39, 0.29) is 12.5 Å². The molecule has 0 spiro atoms. The second-order valence-electron chi connectivity index (χ2n) is 7.30. The van der Waals surface area contributed by atoms with Crippen molar-refractivity contribution in [1.82, 2.24) is 5.43 Å². The quantitative estimate of drug-likeness (QED) is 0.245. The van der Waals surface area contributed by atoms with Gasteiger partial charge in [0.05, 0.1) is 6.21 Å². The Bertz CT molecular complexity index is 1240. The topological polar surface area (TPSA) is 109 Å². The zero-order chi connectivity index (χ0) is 24.5. The van der Waals surface area contributed by atoms with E-state index in [4.69, 9.17) is 4.74 Å². The lowest BCUT2D eigenvalue weighted by Gasteiger charge is -2.11. The van der Waals surface area contributed by atoms with Crippen molar-refractivity contribution in [3.63, 3.8) is 0 Å². The fraction of sp³-hybridized carbons (Fsp3) is 0.120. The van der Waals surface area contributed by atoms with E-state index in [2.05, 4.69) is 37.1 Å². The molecule has 34 heavy (non-hydrogen) atoms. The van der Waals surface area contributed by atoms with Crippen LogP contribution in [0.15, 0.2) is 76.3 Å². The molecule has 0 aliphatic rings. The standard InChI is InChI=1S/C25H23BrN4O4/c1-16-7-3-5-9-20(16)28-23(31)15-34-22-12-11-19(26)13-18(22)14-27-30-25(33)24(32)29-21-10-6-4-8-17(21)2/h3-14H,15H2,1-2H3,(H,28,31)(H,29,32)(H,30,33)/b27-14-. The van der Waals surface area contributed by atoms with E-state index in [0.717, 1.165) is 15.6 Å². The highest BCUT2D eigenvalue weighted by Gasteiger charge is 2.14. The van der Waals surface area contributed by atoms with E-state index >= 15 is 0 Å². The van der Waals surface area contributed by atoms with Crippen LogP contribution in [-0.2, 0) is 14.4 Å². The van der Waals surface area contributed by atoms with Gasteiger partial charge in [-0.05, 0) is 55.3 Å².